The maximum absolute atomic E-state index is 12.4. The maximum atomic E-state index is 12.4. The van der Waals surface area contributed by atoms with Crippen LogP contribution >= 0.6 is 22.7 Å². The van der Waals surface area contributed by atoms with Gasteiger partial charge in [-0.2, -0.15) is 5.10 Å². The number of amides is 1. The number of carbonyl (C=O) groups excluding carboxylic acids is 3. The lowest BCUT2D eigenvalue weighted by atomic mass is 10.2. The Balaban J connectivity index is 1.41. The van der Waals surface area contributed by atoms with Crippen molar-refractivity contribution in [2.75, 3.05) is 6.61 Å². The summed E-state index contributed by atoms with van der Waals surface area (Å²) in [6.45, 7) is 1.44. The molecular weight excluding hydrogens is 470 g/mol. The first kappa shape index (κ1) is 23.3. The summed E-state index contributed by atoms with van der Waals surface area (Å²) in [7, 11) is 0. The highest BCUT2D eigenvalue weighted by Gasteiger charge is 2.14. The monoisotopic (exact) mass is 491 g/mol. The number of ketones is 1. The van der Waals surface area contributed by atoms with Crippen LogP contribution in [0.2, 0.25) is 0 Å². The molecule has 0 radical (unpaired) electrons. The molecule has 0 saturated carbocycles. The highest BCUT2D eigenvalue weighted by atomic mass is 32.1. The van der Waals surface area contributed by atoms with Crippen LogP contribution in [-0.2, 0) is 20.9 Å². The zero-order valence-corrected chi connectivity index (χ0v) is 19.9. The number of thiophene rings is 2. The number of nitrogens with zero attached hydrogens (tertiary/aromatic N) is 2. The van der Waals surface area contributed by atoms with Gasteiger partial charge in [-0.15, -0.1) is 22.7 Å². The van der Waals surface area contributed by atoms with Gasteiger partial charge in [0.15, 0.2) is 6.61 Å². The Kier molecular flexibility index (Phi) is 7.46. The van der Waals surface area contributed by atoms with Gasteiger partial charge in [0.25, 0.3) is 0 Å². The van der Waals surface area contributed by atoms with Crippen molar-refractivity contribution >= 4 is 46.4 Å². The van der Waals surface area contributed by atoms with E-state index in [1.54, 1.807) is 34.2 Å². The molecule has 172 valence electrons. The van der Waals surface area contributed by atoms with Crippen LogP contribution in [0.4, 0.5) is 0 Å². The normalized spacial score (nSPS) is 11.0. The molecule has 0 aliphatic rings. The van der Waals surface area contributed by atoms with Gasteiger partial charge in [-0.25, -0.2) is 9.48 Å². The highest BCUT2D eigenvalue weighted by Crippen LogP contribution is 2.28. The summed E-state index contributed by atoms with van der Waals surface area (Å²) in [6, 6.07) is 17.1. The number of carbonyl (C=O) groups is 3. The van der Waals surface area contributed by atoms with Gasteiger partial charge < -0.3 is 10.1 Å². The van der Waals surface area contributed by atoms with E-state index in [2.05, 4.69) is 10.4 Å². The minimum Gasteiger partial charge on any atom is -0.454 e. The zero-order valence-electron chi connectivity index (χ0n) is 18.3. The summed E-state index contributed by atoms with van der Waals surface area (Å²) in [4.78, 5) is 38.0. The van der Waals surface area contributed by atoms with Gasteiger partial charge in [-0.3, -0.25) is 9.59 Å². The predicted octanol–water partition coefficient (Wildman–Crippen LogP) is 4.74. The Morgan fingerprint density at radius 3 is 2.65 bits per heavy atom. The summed E-state index contributed by atoms with van der Waals surface area (Å²) < 4.78 is 6.91. The van der Waals surface area contributed by atoms with E-state index in [9.17, 15) is 14.4 Å². The zero-order chi connectivity index (χ0) is 23.9. The van der Waals surface area contributed by atoms with E-state index in [0.29, 0.717) is 11.4 Å². The van der Waals surface area contributed by atoms with Gasteiger partial charge in [0.05, 0.1) is 22.0 Å². The molecular formula is C25H21N3O4S2. The van der Waals surface area contributed by atoms with Crippen LogP contribution in [0.15, 0.2) is 72.3 Å². The third-order valence-corrected chi connectivity index (χ3v) is 6.71. The lowest BCUT2D eigenvalue weighted by molar-refractivity contribution is -0.136. The average molecular weight is 492 g/mol. The fraction of sp³-hybridized carbons (Fsp3) is 0.120. The van der Waals surface area contributed by atoms with Crippen LogP contribution < -0.4 is 5.32 Å². The topological polar surface area (TPSA) is 90.3 Å². The van der Waals surface area contributed by atoms with E-state index in [0.717, 1.165) is 26.7 Å². The second-order valence-electron chi connectivity index (χ2n) is 7.23. The minimum atomic E-state index is -0.618. The SMILES string of the molecule is CC(=O)NCc1ccc(C(=O)COC(=O)/C=C/c2cn(-c3ccccc3)nc2-c2cccs2)s1. The van der Waals surface area contributed by atoms with Crippen molar-refractivity contribution in [1.82, 2.24) is 15.1 Å². The lowest BCUT2D eigenvalue weighted by Gasteiger charge is -2.00. The first-order chi connectivity index (χ1) is 16.5. The van der Waals surface area contributed by atoms with Gasteiger partial charge in [-0.05, 0) is 41.8 Å². The lowest BCUT2D eigenvalue weighted by Crippen LogP contribution is -2.18. The van der Waals surface area contributed by atoms with E-state index in [-0.39, 0.29) is 18.3 Å². The van der Waals surface area contributed by atoms with Crippen LogP contribution in [0.1, 0.15) is 27.0 Å². The number of aromatic nitrogens is 2. The molecule has 4 aromatic rings. The van der Waals surface area contributed by atoms with Crippen LogP contribution in [0.3, 0.4) is 0 Å². The highest BCUT2D eigenvalue weighted by molar-refractivity contribution is 7.14. The smallest absolute Gasteiger partial charge is 0.331 e. The fourth-order valence-electron chi connectivity index (χ4n) is 3.08. The number of esters is 1. The molecule has 0 unspecified atom stereocenters. The number of hydrogen-bond donors (Lipinski definition) is 1. The van der Waals surface area contributed by atoms with Crippen molar-refractivity contribution in [3.8, 4) is 16.3 Å². The standard InChI is InChI=1S/C25H21N3O4S2/c1-17(29)26-14-20-10-11-22(34-20)21(30)16-32-24(31)12-9-18-15-28(19-6-3-2-4-7-19)27-25(18)23-8-5-13-33-23/h2-13,15H,14,16H2,1H3,(H,26,29)/b12-9+. The Hall–Kier alpha value is -3.82. The maximum Gasteiger partial charge on any atom is 0.331 e. The predicted molar refractivity (Wildman–Crippen MR) is 133 cm³/mol. The average Bonchev–Trinajstić information content (AvgIpc) is 3.60. The first-order valence-corrected chi connectivity index (χ1v) is 12.1. The third-order valence-electron chi connectivity index (χ3n) is 4.71. The molecule has 9 heteroatoms. The minimum absolute atomic E-state index is 0.140. The molecule has 0 aliphatic heterocycles. The van der Waals surface area contributed by atoms with E-state index in [1.807, 2.05) is 54.0 Å². The molecule has 0 atom stereocenters. The molecule has 0 spiro atoms. The largest absolute Gasteiger partial charge is 0.454 e. The second kappa shape index (κ2) is 10.9. The second-order valence-corrected chi connectivity index (χ2v) is 9.35. The third kappa shape index (κ3) is 5.94. The molecule has 0 bridgehead atoms. The van der Waals surface area contributed by atoms with E-state index in [1.165, 1.54) is 24.3 Å². The molecule has 34 heavy (non-hydrogen) atoms. The summed E-state index contributed by atoms with van der Waals surface area (Å²) in [5.41, 5.74) is 2.42. The van der Waals surface area contributed by atoms with Crippen LogP contribution in [0.25, 0.3) is 22.3 Å². The summed E-state index contributed by atoms with van der Waals surface area (Å²) in [5.74, 6) is -1.05. The molecule has 0 aliphatic carbocycles. The first-order valence-electron chi connectivity index (χ1n) is 10.4. The van der Waals surface area contributed by atoms with Crippen LogP contribution in [0.5, 0.6) is 0 Å². The molecule has 1 aromatic carbocycles. The molecule has 0 fully saturated rings. The number of benzene rings is 1. The van der Waals surface area contributed by atoms with Crippen molar-refractivity contribution in [2.24, 2.45) is 0 Å². The number of rotatable bonds is 9. The Labute approximate surface area is 204 Å². The van der Waals surface area contributed by atoms with Crippen molar-refractivity contribution in [3.63, 3.8) is 0 Å². The van der Waals surface area contributed by atoms with Gasteiger partial charge in [0, 0.05) is 29.6 Å². The molecule has 3 aromatic heterocycles. The fourth-order valence-corrected chi connectivity index (χ4v) is 4.68. The van der Waals surface area contributed by atoms with Crippen molar-refractivity contribution in [2.45, 2.75) is 13.5 Å². The number of para-hydroxylation sites is 1. The van der Waals surface area contributed by atoms with Gasteiger partial charge in [0.2, 0.25) is 11.7 Å². The Bertz CT molecular complexity index is 1320. The Morgan fingerprint density at radius 2 is 1.91 bits per heavy atom. The van der Waals surface area contributed by atoms with Crippen molar-refractivity contribution in [3.05, 3.63) is 87.6 Å². The van der Waals surface area contributed by atoms with Gasteiger partial charge >= 0.3 is 5.97 Å². The van der Waals surface area contributed by atoms with Crippen molar-refractivity contribution in [1.29, 1.82) is 0 Å². The Morgan fingerprint density at radius 1 is 1.09 bits per heavy atom. The molecule has 3 heterocycles. The van der Waals surface area contributed by atoms with E-state index < -0.39 is 5.97 Å². The van der Waals surface area contributed by atoms with Gasteiger partial charge in [-0.1, -0.05) is 24.3 Å². The number of ether oxygens (including phenoxy) is 1. The summed E-state index contributed by atoms with van der Waals surface area (Å²) in [5, 5.41) is 9.34. The molecule has 7 nitrogen and oxygen atoms in total. The van der Waals surface area contributed by atoms with E-state index >= 15 is 0 Å². The number of Topliss-reactive ketones (excluding diaryl/α,β-unsaturated/α-hetero) is 1. The quantitative estimate of drug-likeness (QED) is 0.208. The number of nitrogens with one attached hydrogen (secondary N) is 1. The summed E-state index contributed by atoms with van der Waals surface area (Å²) >= 11 is 2.82. The van der Waals surface area contributed by atoms with Crippen LogP contribution in [-0.4, -0.2) is 34.0 Å². The van der Waals surface area contributed by atoms with Crippen LogP contribution in [0, 0.1) is 0 Å². The molecule has 0 saturated heterocycles. The molecule has 1 amide bonds. The molecule has 4 rings (SSSR count). The van der Waals surface area contributed by atoms with Gasteiger partial charge in [0.1, 0.15) is 5.69 Å². The molecule has 1 N–H and O–H groups in total. The van der Waals surface area contributed by atoms with Crippen molar-refractivity contribution < 1.29 is 19.1 Å². The summed E-state index contributed by atoms with van der Waals surface area (Å²) in [6.07, 6.45) is 4.79. The number of hydrogen-bond acceptors (Lipinski definition) is 7. The van der Waals surface area contributed by atoms with E-state index in [4.69, 9.17) is 4.74 Å².